The fourth-order valence-electron chi connectivity index (χ4n) is 3.97. The minimum Gasteiger partial charge on any atom is -0.493 e. The van der Waals surface area contributed by atoms with Crippen molar-refractivity contribution < 1.29 is 19.2 Å². The maximum atomic E-state index is 13.4. The van der Waals surface area contributed by atoms with Crippen LogP contribution in [0.15, 0.2) is 101 Å². The van der Waals surface area contributed by atoms with E-state index >= 15 is 0 Å². The number of hydrogen-bond donors (Lipinski definition) is 0. The summed E-state index contributed by atoms with van der Waals surface area (Å²) in [5.41, 5.74) is 2.43. The van der Waals surface area contributed by atoms with E-state index in [9.17, 15) is 19.7 Å². The molecule has 0 saturated carbocycles. The minimum atomic E-state index is -0.527. The molecule has 1 aromatic heterocycles. The van der Waals surface area contributed by atoms with E-state index in [1.807, 2.05) is 19.1 Å². The minimum absolute atomic E-state index is 0.0859. The van der Waals surface area contributed by atoms with Gasteiger partial charge in [-0.05, 0) is 67.1 Å². The number of carbonyl (C=O) groups excluding carboxylic acids is 1. The zero-order chi connectivity index (χ0) is 28.2. The summed E-state index contributed by atoms with van der Waals surface area (Å²) in [5, 5.41) is 15.9. The number of rotatable bonds is 7. The monoisotopic (exact) mass is 534 g/mol. The number of methoxy groups -OCH3 is 1. The van der Waals surface area contributed by atoms with Crippen molar-refractivity contribution in [3.05, 3.63) is 128 Å². The molecule has 40 heavy (non-hydrogen) atoms. The second-order valence-electron chi connectivity index (χ2n) is 8.78. The number of fused-ring (bicyclic) bond motifs is 1. The molecule has 0 aliphatic carbocycles. The average Bonchev–Trinajstić information content (AvgIpc) is 2.97. The van der Waals surface area contributed by atoms with Crippen molar-refractivity contribution in [2.75, 3.05) is 7.11 Å². The number of aromatic nitrogens is 2. The van der Waals surface area contributed by atoms with Gasteiger partial charge in [-0.25, -0.2) is 9.78 Å². The Balaban J connectivity index is 1.50. The third-order valence-corrected chi connectivity index (χ3v) is 6.09. The fraction of sp³-hybridized carbons (Fsp3) is 0.0667. The second-order valence-corrected chi connectivity index (χ2v) is 8.78. The first-order valence-corrected chi connectivity index (χ1v) is 12.1. The molecule has 1 heterocycles. The molecule has 0 atom stereocenters. The van der Waals surface area contributed by atoms with Crippen molar-refractivity contribution in [1.82, 2.24) is 9.66 Å². The van der Waals surface area contributed by atoms with Gasteiger partial charge in [-0.15, -0.1) is 0 Å². The molecule has 0 bridgehead atoms. The molecule has 5 aromatic rings. The Morgan fingerprint density at radius 2 is 1.70 bits per heavy atom. The number of non-ortho nitro benzene ring substituents is 1. The van der Waals surface area contributed by atoms with Gasteiger partial charge >= 0.3 is 5.97 Å². The topological polar surface area (TPSA) is 126 Å². The van der Waals surface area contributed by atoms with Crippen molar-refractivity contribution in [3.63, 3.8) is 0 Å². The zero-order valence-electron chi connectivity index (χ0n) is 21.5. The van der Waals surface area contributed by atoms with Crippen LogP contribution in [0.2, 0.25) is 0 Å². The summed E-state index contributed by atoms with van der Waals surface area (Å²) in [6.07, 6.45) is 1.45. The van der Waals surface area contributed by atoms with Crippen molar-refractivity contribution in [2.45, 2.75) is 6.92 Å². The number of hydrogen-bond acceptors (Lipinski definition) is 8. The van der Waals surface area contributed by atoms with E-state index < -0.39 is 16.5 Å². The van der Waals surface area contributed by atoms with E-state index in [1.165, 1.54) is 37.6 Å². The van der Waals surface area contributed by atoms with Gasteiger partial charge in [0.15, 0.2) is 17.3 Å². The number of aryl methyl sites for hydroxylation is 1. The lowest BCUT2D eigenvalue weighted by Crippen LogP contribution is -2.20. The molecule has 0 radical (unpaired) electrons. The molecule has 0 spiro atoms. The largest absolute Gasteiger partial charge is 0.493 e. The summed E-state index contributed by atoms with van der Waals surface area (Å²) in [4.78, 5) is 41.2. The van der Waals surface area contributed by atoms with Crippen LogP contribution in [-0.2, 0) is 0 Å². The molecule has 0 saturated heterocycles. The Hall–Kier alpha value is -5.64. The van der Waals surface area contributed by atoms with Gasteiger partial charge in [0.05, 0.1) is 34.7 Å². The highest BCUT2D eigenvalue weighted by Crippen LogP contribution is 2.29. The number of benzene rings is 4. The fourth-order valence-corrected chi connectivity index (χ4v) is 3.97. The number of nitrogens with zero attached hydrogens (tertiary/aromatic N) is 4. The molecule has 5 rings (SSSR count). The molecule has 10 nitrogen and oxygen atoms in total. The summed E-state index contributed by atoms with van der Waals surface area (Å²) in [6, 6.07) is 24.4. The molecule has 0 aliphatic heterocycles. The average molecular weight is 535 g/mol. The molecule has 0 aliphatic rings. The molecular weight excluding hydrogens is 512 g/mol. The molecule has 198 valence electrons. The third kappa shape index (κ3) is 5.32. The summed E-state index contributed by atoms with van der Waals surface area (Å²) in [6.45, 7) is 1.93. The van der Waals surface area contributed by atoms with E-state index in [2.05, 4.69) is 10.1 Å². The van der Waals surface area contributed by atoms with E-state index in [0.717, 1.165) is 10.2 Å². The van der Waals surface area contributed by atoms with Gasteiger partial charge in [0.2, 0.25) is 0 Å². The molecule has 4 aromatic carbocycles. The highest BCUT2D eigenvalue weighted by molar-refractivity contribution is 5.91. The van der Waals surface area contributed by atoms with Gasteiger partial charge in [0.25, 0.3) is 11.2 Å². The van der Waals surface area contributed by atoms with Gasteiger partial charge in [-0.2, -0.15) is 9.78 Å². The lowest BCUT2D eigenvalue weighted by Gasteiger charge is -2.11. The number of nitro benzene ring substituents is 1. The van der Waals surface area contributed by atoms with Crippen molar-refractivity contribution in [1.29, 1.82) is 0 Å². The Kier molecular flexibility index (Phi) is 7.14. The predicted molar refractivity (Wildman–Crippen MR) is 150 cm³/mol. The van der Waals surface area contributed by atoms with Crippen LogP contribution in [0, 0.1) is 17.0 Å². The van der Waals surface area contributed by atoms with Gasteiger partial charge in [0, 0.05) is 17.7 Å². The number of carbonyl (C=O) groups is 1. The Bertz CT molecular complexity index is 1830. The second kappa shape index (κ2) is 11.0. The standard InChI is InChI=1S/C30H22N4O6/c1-19-7-10-22(11-8-19)30(36)40-26-16-9-20(17-27(26)39-2)18-31-33-28(21-12-14-23(15-13-21)34(37)38)32-25-6-4-3-5-24(25)29(33)35/h3-18H,1-2H3. The Labute approximate surface area is 227 Å². The summed E-state index contributed by atoms with van der Waals surface area (Å²) >= 11 is 0. The lowest BCUT2D eigenvalue weighted by atomic mass is 10.1. The summed E-state index contributed by atoms with van der Waals surface area (Å²) < 4.78 is 12.1. The first kappa shape index (κ1) is 26.0. The molecule has 0 unspecified atom stereocenters. The summed E-state index contributed by atoms with van der Waals surface area (Å²) in [7, 11) is 1.45. The van der Waals surface area contributed by atoms with Crippen LogP contribution in [0.1, 0.15) is 21.5 Å². The van der Waals surface area contributed by atoms with Crippen LogP contribution in [-0.4, -0.2) is 33.9 Å². The lowest BCUT2D eigenvalue weighted by molar-refractivity contribution is -0.384. The van der Waals surface area contributed by atoms with E-state index in [1.54, 1.807) is 54.6 Å². The van der Waals surface area contributed by atoms with Crippen LogP contribution in [0.4, 0.5) is 5.69 Å². The molecular formula is C30H22N4O6. The maximum absolute atomic E-state index is 13.4. The van der Waals surface area contributed by atoms with Crippen molar-refractivity contribution in [3.8, 4) is 22.9 Å². The quantitative estimate of drug-likeness (QED) is 0.0901. The Morgan fingerprint density at radius 3 is 2.40 bits per heavy atom. The molecule has 0 amide bonds. The van der Waals surface area contributed by atoms with Gasteiger partial charge in [-0.1, -0.05) is 29.8 Å². The van der Waals surface area contributed by atoms with E-state index in [4.69, 9.17) is 9.47 Å². The highest BCUT2D eigenvalue weighted by Gasteiger charge is 2.15. The van der Waals surface area contributed by atoms with Crippen molar-refractivity contribution in [2.24, 2.45) is 5.10 Å². The number of esters is 1. The molecule has 0 fully saturated rings. The van der Waals surface area contributed by atoms with Crippen LogP contribution < -0.4 is 15.0 Å². The number of para-hydroxylation sites is 1. The van der Waals surface area contributed by atoms with E-state index in [-0.39, 0.29) is 17.3 Å². The summed E-state index contributed by atoms with van der Waals surface area (Å²) in [5.74, 6) is 0.206. The molecule has 10 heteroatoms. The van der Waals surface area contributed by atoms with Gasteiger partial charge < -0.3 is 9.47 Å². The normalized spacial score (nSPS) is 11.1. The third-order valence-electron chi connectivity index (χ3n) is 6.09. The van der Waals surface area contributed by atoms with Gasteiger partial charge in [0.1, 0.15) is 0 Å². The first-order chi connectivity index (χ1) is 19.3. The predicted octanol–water partition coefficient (Wildman–Crippen LogP) is 5.39. The van der Waals surface area contributed by atoms with Crippen molar-refractivity contribution >= 4 is 28.8 Å². The number of nitro groups is 1. The van der Waals surface area contributed by atoms with Crippen LogP contribution in [0.25, 0.3) is 22.3 Å². The maximum Gasteiger partial charge on any atom is 0.343 e. The van der Waals surface area contributed by atoms with Crippen LogP contribution >= 0.6 is 0 Å². The number of ether oxygens (including phenoxy) is 2. The Morgan fingerprint density at radius 1 is 0.975 bits per heavy atom. The first-order valence-electron chi connectivity index (χ1n) is 12.1. The molecule has 0 N–H and O–H groups in total. The van der Waals surface area contributed by atoms with Crippen LogP contribution in [0.3, 0.4) is 0 Å². The van der Waals surface area contributed by atoms with Gasteiger partial charge in [-0.3, -0.25) is 14.9 Å². The zero-order valence-corrected chi connectivity index (χ0v) is 21.5. The van der Waals surface area contributed by atoms with E-state index in [0.29, 0.717) is 33.3 Å². The SMILES string of the molecule is COc1cc(C=Nn2c(-c3ccc([N+](=O)[O-])cc3)nc3ccccc3c2=O)ccc1OC(=O)c1ccc(C)cc1. The highest BCUT2D eigenvalue weighted by atomic mass is 16.6. The smallest absolute Gasteiger partial charge is 0.343 e. The van der Waals surface area contributed by atoms with Crippen LogP contribution in [0.5, 0.6) is 11.5 Å².